The van der Waals surface area contributed by atoms with Crippen molar-refractivity contribution in [3.8, 4) is 5.75 Å². The first-order valence-corrected chi connectivity index (χ1v) is 7.31. The van der Waals surface area contributed by atoms with Gasteiger partial charge in [0, 0.05) is 18.0 Å². The Morgan fingerprint density at radius 3 is 2.61 bits per heavy atom. The molecule has 0 saturated carbocycles. The molecule has 0 aliphatic heterocycles. The lowest BCUT2D eigenvalue weighted by atomic mass is 10.3. The molecule has 100 valence electrons. The summed E-state index contributed by atoms with van der Waals surface area (Å²) in [6.07, 6.45) is 0. The number of nitro groups is 1. The molecule has 0 N–H and O–H groups in total. The summed E-state index contributed by atoms with van der Waals surface area (Å²) in [5.74, 6) is -0.320. The van der Waals surface area contributed by atoms with Gasteiger partial charge in [-0.3, -0.25) is 10.1 Å². The number of rotatable bonds is 6. The summed E-state index contributed by atoms with van der Waals surface area (Å²) in [4.78, 5) is 10.1. The lowest BCUT2D eigenvalue weighted by molar-refractivity contribution is -0.385. The van der Waals surface area contributed by atoms with Crippen LogP contribution < -0.4 is 4.74 Å². The van der Waals surface area contributed by atoms with Gasteiger partial charge in [-0.2, -0.15) is 0 Å². The van der Waals surface area contributed by atoms with Crippen molar-refractivity contribution in [2.24, 2.45) is 0 Å². The highest BCUT2D eigenvalue weighted by atomic mass is 35.5. The van der Waals surface area contributed by atoms with Crippen molar-refractivity contribution in [1.82, 2.24) is 0 Å². The number of nitrogens with zero attached hydrogens (tertiary/aromatic N) is 1. The van der Waals surface area contributed by atoms with E-state index in [4.69, 9.17) is 16.3 Å². The fraction of sp³-hybridized carbons (Fsp3) is 0.400. The number of nitro benzene ring substituents is 1. The lowest BCUT2D eigenvalue weighted by Crippen LogP contribution is -2.08. The molecule has 0 heterocycles. The fourth-order valence-electron chi connectivity index (χ4n) is 1.33. The molecule has 0 fully saturated rings. The van der Waals surface area contributed by atoms with E-state index in [2.05, 4.69) is 0 Å². The zero-order valence-corrected chi connectivity index (χ0v) is 11.2. The van der Waals surface area contributed by atoms with E-state index in [1.807, 2.05) is 0 Å². The molecule has 1 aromatic rings. The van der Waals surface area contributed by atoms with E-state index in [-0.39, 0.29) is 34.6 Å². The predicted octanol–water partition coefficient (Wildman–Crippen LogP) is 2.01. The van der Waals surface area contributed by atoms with Gasteiger partial charge in [-0.05, 0) is 13.0 Å². The molecule has 0 unspecified atom stereocenters. The number of benzene rings is 1. The Bertz CT molecular complexity index is 543. The number of ether oxygens (including phenoxy) is 1. The van der Waals surface area contributed by atoms with E-state index in [0.717, 1.165) is 12.1 Å². The van der Waals surface area contributed by atoms with Crippen LogP contribution in [0.3, 0.4) is 0 Å². The topological polar surface area (TPSA) is 86.5 Å². The van der Waals surface area contributed by atoms with Crippen LogP contribution in [0.5, 0.6) is 5.75 Å². The normalized spacial score (nSPS) is 11.2. The molecule has 6 nitrogen and oxygen atoms in total. The first kappa shape index (κ1) is 14.7. The summed E-state index contributed by atoms with van der Waals surface area (Å²) >= 11 is 5.40. The monoisotopic (exact) mass is 293 g/mol. The largest absolute Gasteiger partial charge is 0.487 e. The van der Waals surface area contributed by atoms with Gasteiger partial charge in [-0.1, -0.05) is 0 Å². The SMILES string of the molecule is CCOc1cc(S(=O)(=O)CCCl)ccc1[N+](=O)[O-]. The van der Waals surface area contributed by atoms with Gasteiger partial charge in [-0.25, -0.2) is 8.42 Å². The highest BCUT2D eigenvalue weighted by molar-refractivity contribution is 7.91. The van der Waals surface area contributed by atoms with Crippen molar-refractivity contribution in [3.05, 3.63) is 28.3 Å². The van der Waals surface area contributed by atoms with Crippen LogP contribution in [0.15, 0.2) is 23.1 Å². The Morgan fingerprint density at radius 1 is 1.44 bits per heavy atom. The van der Waals surface area contributed by atoms with Crippen molar-refractivity contribution < 1.29 is 18.1 Å². The summed E-state index contributed by atoms with van der Waals surface area (Å²) in [5.41, 5.74) is -0.262. The predicted molar refractivity (Wildman–Crippen MR) is 67.0 cm³/mol. The van der Waals surface area contributed by atoms with E-state index in [1.54, 1.807) is 6.92 Å². The zero-order valence-electron chi connectivity index (χ0n) is 9.63. The second-order valence-electron chi connectivity index (χ2n) is 3.33. The van der Waals surface area contributed by atoms with Gasteiger partial charge in [0.15, 0.2) is 15.6 Å². The number of hydrogen-bond acceptors (Lipinski definition) is 5. The molecule has 0 atom stereocenters. The van der Waals surface area contributed by atoms with E-state index in [1.165, 1.54) is 6.07 Å². The maximum Gasteiger partial charge on any atom is 0.311 e. The zero-order chi connectivity index (χ0) is 13.8. The van der Waals surface area contributed by atoms with Gasteiger partial charge in [0.2, 0.25) is 0 Å². The molecule has 8 heteroatoms. The van der Waals surface area contributed by atoms with Crippen molar-refractivity contribution in [2.75, 3.05) is 18.2 Å². The van der Waals surface area contributed by atoms with Crippen LogP contribution in [-0.4, -0.2) is 31.6 Å². The van der Waals surface area contributed by atoms with Crippen LogP contribution in [0.25, 0.3) is 0 Å². The Morgan fingerprint density at radius 2 is 2.11 bits per heavy atom. The van der Waals surface area contributed by atoms with Crippen molar-refractivity contribution in [2.45, 2.75) is 11.8 Å². The fourth-order valence-corrected chi connectivity index (χ4v) is 2.94. The Hall–Kier alpha value is -1.34. The summed E-state index contributed by atoms with van der Waals surface area (Å²) in [6.45, 7) is 1.86. The molecular weight excluding hydrogens is 282 g/mol. The molecule has 0 bridgehead atoms. The van der Waals surface area contributed by atoms with Crippen LogP contribution in [0.1, 0.15) is 6.92 Å². The highest BCUT2D eigenvalue weighted by Crippen LogP contribution is 2.30. The van der Waals surface area contributed by atoms with Crippen LogP contribution in [0.4, 0.5) is 5.69 Å². The minimum absolute atomic E-state index is 0.0304. The Balaban J connectivity index is 3.27. The number of sulfone groups is 1. The van der Waals surface area contributed by atoms with Gasteiger partial charge in [0.1, 0.15) is 0 Å². The van der Waals surface area contributed by atoms with Crippen molar-refractivity contribution in [1.29, 1.82) is 0 Å². The van der Waals surface area contributed by atoms with Gasteiger partial charge in [0.05, 0.1) is 22.2 Å². The molecule has 1 aromatic carbocycles. The molecule has 0 aromatic heterocycles. The molecule has 0 radical (unpaired) electrons. The molecular formula is C10H12ClNO5S. The average molecular weight is 294 g/mol. The van der Waals surface area contributed by atoms with Crippen molar-refractivity contribution in [3.63, 3.8) is 0 Å². The third-order valence-electron chi connectivity index (χ3n) is 2.13. The summed E-state index contributed by atoms with van der Waals surface area (Å²) in [7, 11) is -3.53. The summed E-state index contributed by atoms with van der Waals surface area (Å²) in [6, 6.07) is 3.46. The van der Waals surface area contributed by atoms with E-state index in [9.17, 15) is 18.5 Å². The number of hydrogen-bond donors (Lipinski definition) is 0. The Labute approximate surface area is 110 Å². The van der Waals surface area contributed by atoms with Crippen molar-refractivity contribution >= 4 is 27.1 Å². The molecule has 0 saturated heterocycles. The first-order chi connectivity index (χ1) is 8.42. The molecule has 0 aliphatic rings. The van der Waals surface area contributed by atoms with Crippen LogP contribution in [-0.2, 0) is 9.84 Å². The van der Waals surface area contributed by atoms with Gasteiger partial charge >= 0.3 is 5.69 Å². The molecule has 0 aliphatic carbocycles. The molecule has 0 spiro atoms. The minimum Gasteiger partial charge on any atom is -0.487 e. The second kappa shape index (κ2) is 6.01. The summed E-state index contributed by atoms with van der Waals surface area (Å²) < 4.78 is 28.6. The third-order valence-corrected chi connectivity index (χ3v) is 4.26. The van der Waals surface area contributed by atoms with Crippen LogP contribution in [0, 0.1) is 10.1 Å². The minimum atomic E-state index is -3.53. The molecule has 0 amide bonds. The van der Waals surface area contributed by atoms with Gasteiger partial charge < -0.3 is 4.74 Å². The Kier molecular flexibility index (Phi) is 4.92. The highest BCUT2D eigenvalue weighted by Gasteiger charge is 2.21. The second-order valence-corrected chi connectivity index (χ2v) is 5.81. The van der Waals surface area contributed by atoms with E-state index in [0.29, 0.717) is 0 Å². The van der Waals surface area contributed by atoms with E-state index < -0.39 is 14.8 Å². The summed E-state index contributed by atoms with van der Waals surface area (Å²) in [5, 5.41) is 10.7. The maximum atomic E-state index is 11.8. The number of halogens is 1. The van der Waals surface area contributed by atoms with Gasteiger partial charge in [-0.15, -0.1) is 11.6 Å². The molecule has 18 heavy (non-hydrogen) atoms. The number of alkyl halides is 1. The first-order valence-electron chi connectivity index (χ1n) is 5.12. The quantitative estimate of drug-likeness (QED) is 0.455. The van der Waals surface area contributed by atoms with Crippen LogP contribution >= 0.6 is 11.6 Å². The smallest absolute Gasteiger partial charge is 0.311 e. The van der Waals surface area contributed by atoms with Crippen LogP contribution in [0.2, 0.25) is 0 Å². The molecule has 1 rings (SSSR count). The maximum absolute atomic E-state index is 11.8. The van der Waals surface area contributed by atoms with E-state index >= 15 is 0 Å². The third kappa shape index (κ3) is 3.33. The standard InChI is InChI=1S/C10H12ClNO5S/c1-2-17-10-7-8(18(15,16)6-5-11)3-4-9(10)12(13)14/h3-4,7H,2,5-6H2,1H3. The van der Waals surface area contributed by atoms with Gasteiger partial charge in [0.25, 0.3) is 0 Å². The lowest BCUT2D eigenvalue weighted by Gasteiger charge is -2.07. The average Bonchev–Trinajstić information content (AvgIpc) is 2.29.